The molecular weight excluding hydrogens is 262 g/mol. The van der Waals surface area contributed by atoms with E-state index in [9.17, 15) is 4.79 Å². The van der Waals surface area contributed by atoms with E-state index in [1.807, 2.05) is 12.1 Å². The molecule has 1 heterocycles. The van der Waals surface area contributed by atoms with Gasteiger partial charge in [-0.15, -0.1) is 0 Å². The van der Waals surface area contributed by atoms with E-state index >= 15 is 0 Å². The number of carbonyl (C=O) groups excluding carboxylic acids is 1. The highest BCUT2D eigenvalue weighted by molar-refractivity contribution is 5.92. The van der Waals surface area contributed by atoms with E-state index in [-0.39, 0.29) is 11.8 Å². The average Bonchev–Trinajstić information content (AvgIpc) is 2.50. The third-order valence-corrected chi connectivity index (χ3v) is 4.26. The molecular formula is C17H27N3O. The molecule has 2 N–H and O–H groups in total. The third-order valence-electron chi connectivity index (χ3n) is 4.26. The molecule has 1 aliphatic rings. The van der Waals surface area contributed by atoms with Gasteiger partial charge in [-0.25, -0.2) is 0 Å². The summed E-state index contributed by atoms with van der Waals surface area (Å²) in [5.74, 6) is 0.280. The van der Waals surface area contributed by atoms with E-state index < -0.39 is 0 Å². The number of hydrogen-bond acceptors (Lipinski definition) is 3. The highest BCUT2D eigenvalue weighted by atomic mass is 16.1. The molecule has 0 saturated carbocycles. The van der Waals surface area contributed by atoms with Gasteiger partial charge in [0.25, 0.3) is 0 Å². The molecule has 1 fully saturated rings. The smallest absolute Gasteiger partial charge is 0.227 e. The Balaban J connectivity index is 1.95. The Morgan fingerprint density at radius 2 is 1.95 bits per heavy atom. The number of nitrogens with one attached hydrogen (secondary N) is 2. The van der Waals surface area contributed by atoms with Crippen molar-refractivity contribution in [1.29, 1.82) is 0 Å². The van der Waals surface area contributed by atoms with Gasteiger partial charge in [-0.2, -0.15) is 0 Å². The topological polar surface area (TPSA) is 44.4 Å². The molecule has 1 aliphatic heterocycles. The fraction of sp³-hybridized carbons (Fsp3) is 0.588. The molecule has 0 aliphatic carbocycles. The fourth-order valence-electron chi connectivity index (χ4n) is 2.96. The van der Waals surface area contributed by atoms with Crippen molar-refractivity contribution in [3.63, 3.8) is 0 Å². The van der Waals surface area contributed by atoms with Crippen molar-refractivity contribution in [1.82, 2.24) is 5.32 Å². The lowest BCUT2D eigenvalue weighted by Crippen LogP contribution is -2.40. The van der Waals surface area contributed by atoms with Crippen molar-refractivity contribution in [3.8, 4) is 0 Å². The SMILES string of the molecule is CCN(CC)c1ccc(NC(=O)C2CCNC(C)C2)cc1. The molecule has 0 radical (unpaired) electrons. The Labute approximate surface area is 127 Å². The minimum Gasteiger partial charge on any atom is -0.372 e. The Morgan fingerprint density at radius 3 is 2.52 bits per heavy atom. The van der Waals surface area contributed by atoms with Gasteiger partial charge in [-0.3, -0.25) is 4.79 Å². The summed E-state index contributed by atoms with van der Waals surface area (Å²) < 4.78 is 0. The molecule has 2 rings (SSSR count). The van der Waals surface area contributed by atoms with Crippen LogP contribution in [0, 0.1) is 5.92 Å². The predicted molar refractivity (Wildman–Crippen MR) is 88.8 cm³/mol. The number of nitrogens with zero attached hydrogens (tertiary/aromatic N) is 1. The molecule has 2 atom stereocenters. The number of amides is 1. The summed E-state index contributed by atoms with van der Waals surface area (Å²) in [6, 6.07) is 8.58. The normalized spacial score (nSPS) is 21.9. The van der Waals surface area contributed by atoms with Crippen molar-refractivity contribution >= 4 is 17.3 Å². The van der Waals surface area contributed by atoms with Crippen LogP contribution in [-0.2, 0) is 4.79 Å². The van der Waals surface area contributed by atoms with Gasteiger partial charge in [0.15, 0.2) is 0 Å². The predicted octanol–water partition coefficient (Wildman–Crippen LogP) is 2.86. The average molecular weight is 289 g/mol. The lowest BCUT2D eigenvalue weighted by molar-refractivity contribution is -0.120. The van der Waals surface area contributed by atoms with E-state index in [0.717, 1.165) is 38.2 Å². The zero-order chi connectivity index (χ0) is 15.2. The van der Waals surface area contributed by atoms with Gasteiger partial charge in [0.1, 0.15) is 0 Å². The second-order valence-electron chi connectivity index (χ2n) is 5.78. The van der Waals surface area contributed by atoms with E-state index in [2.05, 4.69) is 48.4 Å². The van der Waals surface area contributed by atoms with Crippen LogP contribution in [0.2, 0.25) is 0 Å². The Kier molecular flexibility index (Phi) is 5.62. The number of rotatable bonds is 5. The molecule has 116 valence electrons. The maximum atomic E-state index is 12.3. The van der Waals surface area contributed by atoms with Gasteiger partial charge in [-0.05, 0) is 64.4 Å². The minimum atomic E-state index is 0.128. The number of benzene rings is 1. The van der Waals surface area contributed by atoms with Gasteiger partial charge in [0, 0.05) is 36.4 Å². The second-order valence-corrected chi connectivity index (χ2v) is 5.78. The van der Waals surface area contributed by atoms with Crippen LogP contribution in [0.3, 0.4) is 0 Å². The van der Waals surface area contributed by atoms with Gasteiger partial charge in [0.05, 0.1) is 0 Å². The van der Waals surface area contributed by atoms with Crippen molar-refractivity contribution in [2.24, 2.45) is 5.92 Å². The molecule has 0 bridgehead atoms. The van der Waals surface area contributed by atoms with Crippen LogP contribution in [0.1, 0.15) is 33.6 Å². The van der Waals surface area contributed by atoms with Crippen LogP contribution in [0.15, 0.2) is 24.3 Å². The van der Waals surface area contributed by atoms with Crippen molar-refractivity contribution in [2.75, 3.05) is 29.9 Å². The molecule has 0 aromatic heterocycles. The first-order valence-corrected chi connectivity index (χ1v) is 8.03. The lowest BCUT2D eigenvalue weighted by atomic mass is 9.92. The summed E-state index contributed by atoms with van der Waals surface area (Å²) in [5.41, 5.74) is 2.09. The molecule has 21 heavy (non-hydrogen) atoms. The molecule has 0 spiro atoms. The monoisotopic (exact) mass is 289 g/mol. The van der Waals surface area contributed by atoms with Crippen LogP contribution in [0.5, 0.6) is 0 Å². The molecule has 2 unspecified atom stereocenters. The molecule has 1 amide bonds. The fourth-order valence-corrected chi connectivity index (χ4v) is 2.96. The molecule has 1 saturated heterocycles. The summed E-state index contributed by atoms with van der Waals surface area (Å²) >= 11 is 0. The van der Waals surface area contributed by atoms with Gasteiger partial charge >= 0.3 is 0 Å². The number of carbonyl (C=O) groups is 1. The summed E-state index contributed by atoms with van der Waals surface area (Å²) in [6.45, 7) is 9.36. The second kappa shape index (κ2) is 7.46. The largest absolute Gasteiger partial charge is 0.372 e. The summed E-state index contributed by atoms with van der Waals surface area (Å²) in [5, 5.41) is 6.43. The van der Waals surface area contributed by atoms with Crippen molar-refractivity contribution < 1.29 is 4.79 Å². The Morgan fingerprint density at radius 1 is 1.29 bits per heavy atom. The van der Waals surface area contributed by atoms with E-state index in [1.54, 1.807) is 0 Å². The van der Waals surface area contributed by atoms with Gasteiger partial charge < -0.3 is 15.5 Å². The van der Waals surface area contributed by atoms with Crippen LogP contribution in [0.25, 0.3) is 0 Å². The third kappa shape index (κ3) is 4.21. The number of piperidine rings is 1. The maximum absolute atomic E-state index is 12.3. The minimum absolute atomic E-state index is 0.128. The maximum Gasteiger partial charge on any atom is 0.227 e. The zero-order valence-corrected chi connectivity index (χ0v) is 13.4. The first-order chi connectivity index (χ1) is 10.1. The Bertz CT molecular complexity index is 454. The first kappa shape index (κ1) is 15.8. The quantitative estimate of drug-likeness (QED) is 0.876. The summed E-state index contributed by atoms with van der Waals surface area (Å²) in [6.07, 6.45) is 1.84. The van der Waals surface area contributed by atoms with Crippen LogP contribution in [-0.4, -0.2) is 31.6 Å². The zero-order valence-electron chi connectivity index (χ0n) is 13.4. The molecule has 4 nitrogen and oxygen atoms in total. The molecule has 4 heteroatoms. The lowest BCUT2D eigenvalue weighted by Gasteiger charge is -2.27. The van der Waals surface area contributed by atoms with Crippen LogP contribution >= 0.6 is 0 Å². The van der Waals surface area contributed by atoms with E-state index in [0.29, 0.717) is 6.04 Å². The van der Waals surface area contributed by atoms with Crippen LogP contribution in [0.4, 0.5) is 11.4 Å². The standard InChI is InChI=1S/C17H27N3O/c1-4-20(5-2)16-8-6-15(7-9-16)19-17(21)14-10-11-18-13(3)12-14/h6-9,13-14,18H,4-5,10-12H2,1-3H3,(H,19,21). The highest BCUT2D eigenvalue weighted by Crippen LogP contribution is 2.21. The summed E-state index contributed by atoms with van der Waals surface area (Å²) in [7, 11) is 0. The van der Waals surface area contributed by atoms with Crippen molar-refractivity contribution in [3.05, 3.63) is 24.3 Å². The van der Waals surface area contributed by atoms with E-state index in [1.165, 1.54) is 5.69 Å². The van der Waals surface area contributed by atoms with Gasteiger partial charge in [0.2, 0.25) is 5.91 Å². The van der Waals surface area contributed by atoms with Gasteiger partial charge in [-0.1, -0.05) is 0 Å². The van der Waals surface area contributed by atoms with Crippen molar-refractivity contribution in [2.45, 2.75) is 39.7 Å². The van der Waals surface area contributed by atoms with E-state index in [4.69, 9.17) is 0 Å². The highest BCUT2D eigenvalue weighted by Gasteiger charge is 2.24. The molecule has 1 aromatic carbocycles. The number of hydrogen-bond donors (Lipinski definition) is 2. The van der Waals surface area contributed by atoms with Crippen LogP contribution < -0.4 is 15.5 Å². The first-order valence-electron chi connectivity index (χ1n) is 8.03. The summed E-state index contributed by atoms with van der Waals surface area (Å²) in [4.78, 5) is 14.6. The number of anilines is 2. The Hall–Kier alpha value is -1.55. The molecule has 1 aromatic rings.